The first-order valence-electron chi connectivity index (χ1n) is 5.28. The topological polar surface area (TPSA) is 40.5 Å². The zero-order valence-corrected chi connectivity index (χ0v) is 8.77. The maximum atomic E-state index is 9.32. The molecule has 2 nitrogen and oxygen atoms in total. The summed E-state index contributed by atoms with van der Waals surface area (Å²) in [6.45, 7) is 4.62. The van der Waals surface area contributed by atoms with Gasteiger partial charge in [0.05, 0.1) is 0 Å². The van der Waals surface area contributed by atoms with E-state index in [1.807, 2.05) is 0 Å². The van der Waals surface area contributed by atoms with Crippen LogP contribution >= 0.6 is 0 Å². The van der Waals surface area contributed by atoms with E-state index in [-0.39, 0.29) is 25.0 Å². The van der Waals surface area contributed by atoms with E-state index in [4.69, 9.17) is 0 Å². The van der Waals surface area contributed by atoms with Crippen molar-refractivity contribution in [3.63, 3.8) is 0 Å². The molecule has 2 rings (SSSR count). The Labute approximate surface area is 85.0 Å². The molecule has 78 valence electrons. The molecular weight excluding hydrogens is 176 g/mol. The molecule has 0 heterocycles. The van der Waals surface area contributed by atoms with Gasteiger partial charge in [0.2, 0.25) is 0 Å². The summed E-state index contributed by atoms with van der Waals surface area (Å²) in [5, 5.41) is 18.6. The van der Waals surface area contributed by atoms with Crippen LogP contribution in [0, 0.1) is 23.7 Å². The number of fused-ring (bicyclic) bond motifs is 2. The van der Waals surface area contributed by atoms with Crippen LogP contribution in [0.15, 0.2) is 23.3 Å². The standard InChI is InChI=1S/C12H18O2/c1-7(2)12-8-3-4-9(12)11(6-14)10(8)5-13/h3-4,8-11,13-14H,5-6H2,1-2H3/t8-,9+,10+,11-. The average molecular weight is 194 g/mol. The van der Waals surface area contributed by atoms with Gasteiger partial charge < -0.3 is 10.2 Å². The van der Waals surface area contributed by atoms with Crippen molar-refractivity contribution in [1.29, 1.82) is 0 Å². The molecule has 2 aliphatic carbocycles. The Balaban J connectivity index is 2.36. The van der Waals surface area contributed by atoms with Gasteiger partial charge in [0.15, 0.2) is 0 Å². The normalized spacial score (nSPS) is 39.6. The second-order valence-electron chi connectivity index (χ2n) is 4.58. The van der Waals surface area contributed by atoms with Crippen molar-refractivity contribution in [2.75, 3.05) is 13.2 Å². The summed E-state index contributed by atoms with van der Waals surface area (Å²) in [6.07, 6.45) is 4.39. The first-order chi connectivity index (χ1) is 6.70. The number of rotatable bonds is 2. The molecule has 0 unspecified atom stereocenters. The molecule has 2 bridgehead atoms. The van der Waals surface area contributed by atoms with Crippen molar-refractivity contribution < 1.29 is 10.2 Å². The minimum Gasteiger partial charge on any atom is -0.396 e. The smallest absolute Gasteiger partial charge is 0.0471 e. The fraction of sp³-hybridized carbons (Fsp3) is 0.667. The minimum atomic E-state index is 0.188. The van der Waals surface area contributed by atoms with Crippen molar-refractivity contribution in [2.24, 2.45) is 23.7 Å². The third-order valence-electron chi connectivity index (χ3n) is 3.72. The van der Waals surface area contributed by atoms with Gasteiger partial charge in [-0.1, -0.05) is 23.3 Å². The summed E-state index contributed by atoms with van der Waals surface area (Å²) in [4.78, 5) is 0. The van der Waals surface area contributed by atoms with Crippen LogP contribution in [-0.2, 0) is 0 Å². The van der Waals surface area contributed by atoms with E-state index in [1.165, 1.54) is 11.1 Å². The highest BCUT2D eigenvalue weighted by atomic mass is 16.3. The van der Waals surface area contributed by atoms with Gasteiger partial charge in [-0.05, 0) is 25.7 Å². The van der Waals surface area contributed by atoms with Crippen LogP contribution in [0.5, 0.6) is 0 Å². The zero-order chi connectivity index (χ0) is 10.3. The Morgan fingerprint density at radius 2 is 1.50 bits per heavy atom. The fourth-order valence-electron chi connectivity index (χ4n) is 3.11. The lowest BCUT2D eigenvalue weighted by Crippen LogP contribution is -2.25. The Hall–Kier alpha value is -0.600. The molecule has 14 heavy (non-hydrogen) atoms. The van der Waals surface area contributed by atoms with Crippen LogP contribution in [0.25, 0.3) is 0 Å². The highest BCUT2D eigenvalue weighted by Crippen LogP contribution is 2.52. The van der Waals surface area contributed by atoms with Gasteiger partial charge in [0.25, 0.3) is 0 Å². The summed E-state index contributed by atoms with van der Waals surface area (Å²) in [5.41, 5.74) is 2.78. The Morgan fingerprint density at radius 1 is 1.07 bits per heavy atom. The summed E-state index contributed by atoms with van der Waals surface area (Å²) >= 11 is 0. The van der Waals surface area contributed by atoms with Gasteiger partial charge in [-0.15, -0.1) is 0 Å². The Kier molecular flexibility index (Phi) is 2.50. The van der Waals surface area contributed by atoms with Gasteiger partial charge >= 0.3 is 0 Å². The molecule has 2 heteroatoms. The highest BCUT2D eigenvalue weighted by molar-refractivity contribution is 5.37. The summed E-state index contributed by atoms with van der Waals surface area (Å²) < 4.78 is 0. The van der Waals surface area contributed by atoms with Crippen molar-refractivity contribution >= 4 is 0 Å². The molecule has 2 aliphatic rings. The third-order valence-corrected chi connectivity index (χ3v) is 3.72. The average Bonchev–Trinajstić information content (AvgIpc) is 2.70. The number of hydrogen-bond acceptors (Lipinski definition) is 2. The molecule has 0 aromatic heterocycles. The monoisotopic (exact) mass is 194 g/mol. The maximum absolute atomic E-state index is 9.32. The van der Waals surface area contributed by atoms with Crippen LogP contribution in [0.1, 0.15) is 13.8 Å². The summed E-state index contributed by atoms with van der Waals surface area (Å²) in [5.74, 6) is 1.24. The van der Waals surface area contributed by atoms with E-state index in [1.54, 1.807) is 0 Å². The fourth-order valence-corrected chi connectivity index (χ4v) is 3.11. The predicted octanol–water partition coefficient (Wildman–Crippen LogP) is 1.36. The predicted molar refractivity (Wildman–Crippen MR) is 55.6 cm³/mol. The van der Waals surface area contributed by atoms with E-state index >= 15 is 0 Å². The van der Waals surface area contributed by atoms with Crippen LogP contribution in [0.4, 0.5) is 0 Å². The Morgan fingerprint density at radius 3 is 1.79 bits per heavy atom. The molecule has 1 saturated carbocycles. The lowest BCUT2D eigenvalue weighted by atomic mass is 9.84. The molecule has 0 spiro atoms. The molecular formula is C12H18O2. The van der Waals surface area contributed by atoms with Gasteiger partial charge in [-0.3, -0.25) is 0 Å². The van der Waals surface area contributed by atoms with Gasteiger partial charge in [-0.25, -0.2) is 0 Å². The summed E-state index contributed by atoms with van der Waals surface area (Å²) in [6, 6.07) is 0. The van der Waals surface area contributed by atoms with E-state index in [0.717, 1.165) is 0 Å². The number of hydrogen-bond donors (Lipinski definition) is 2. The van der Waals surface area contributed by atoms with E-state index < -0.39 is 0 Å². The molecule has 0 saturated heterocycles. The second kappa shape index (κ2) is 3.52. The van der Waals surface area contributed by atoms with E-state index in [9.17, 15) is 10.2 Å². The SMILES string of the molecule is CC(C)=C1[C@H]2C=C[C@@H]1[C@H](CO)[C@@H]2CO. The molecule has 2 N–H and O–H groups in total. The van der Waals surface area contributed by atoms with Crippen LogP contribution in [-0.4, -0.2) is 23.4 Å². The van der Waals surface area contributed by atoms with Crippen LogP contribution < -0.4 is 0 Å². The van der Waals surface area contributed by atoms with Crippen LogP contribution in [0.2, 0.25) is 0 Å². The molecule has 4 atom stereocenters. The van der Waals surface area contributed by atoms with Crippen LogP contribution in [0.3, 0.4) is 0 Å². The first-order valence-corrected chi connectivity index (χ1v) is 5.28. The summed E-state index contributed by atoms with van der Waals surface area (Å²) in [7, 11) is 0. The van der Waals surface area contributed by atoms with E-state index in [2.05, 4.69) is 26.0 Å². The first kappa shape index (κ1) is 9.94. The van der Waals surface area contributed by atoms with Gasteiger partial charge in [-0.2, -0.15) is 0 Å². The van der Waals surface area contributed by atoms with Crippen molar-refractivity contribution in [3.8, 4) is 0 Å². The third kappa shape index (κ3) is 1.17. The zero-order valence-electron chi connectivity index (χ0n) is 8.77. The molecule has 0 aliphatic heterocycles. The Bertz CT molecular complexity index is 265. The van der Waals surface area contributed by atoms with Gasteiger partial charge in [0, 0.05) is 25.0 Å². The second-order valence-corrected chi connectivity index (χ2v) is 4.58. The maximum Gasteiger partial charge on any atom is 0.0471 e. The largest absolute Gasteiger partial charge is 0.396 e. The molecule has 0 radical (unpaired) electrons. The lowest BCUT2D eigenvalue weighted by molar-refractivity contribution is 0.112. The quantitative estimate of drug-likeness (QED) is 0.651. The number of allylic oxidation sites excluding steroid dienone is 4. The van der Waals surface area contributed by atoms with Crippen molar-refractivity contribution in [3.05, 3.63) is 23.3 Å². The molecule has 0 aromatic carbocycles. The molecule has 0 aromatic rings. The highest BCUT2D eigenvalue weighted by Gasteiger charge is 2.47. The van der Waals surface area contributed by atoms with Gasteiger partial charge in [0.1, 0.15) is 0 Å². The van der Waals surface area contributed by atoms with Crippen molar-refractivity contribution in [2.45, 2.75) is 13.8 Å². The minimum absolute atomic E-state index is 0.188. The van der Waals surface area contributed by atoms with Crippen molar-refractivity contribution in [1.82, 2.24) is 0 Å². The number of aliphatic hydroxyl groups is 2. The lowest BCUT2D eigenvalue weighted by Gasteiger charge is -2.23. The van der Waals surface area contributed by atoms with E-state index in [0.29, 0.717) is 11.8 Å². The molecule has 1 fully saturated rings. The number of aliphatic hydroxyl groups excluding tert-OH is 2. The molecule has 0 amide bonds.